The smallest absolute Gasteiger partial charge is 0.0343 e. The van der Waals surface area contributed by atoms with E-state index in [-0.39, 0.29) is 0 Å². The molecule has 0 aliphatic rings. The van der Waals surface area contributed by atoms with Gasteiger partial charge in [-0.1, -0.05) is 51.1 Å². The van der Waals surface area contributed by atoms with Crippen LogP contribution < -0.4 is 5.32 Å². The van der Waals surface area contributed by atoms with Crippen molar-refractivity contribution in [1.82, 2.24) is 5.32 Å². The summed E-state index contributed by atoms with van der Waals surface area (Å²) < 4.78 is 0. The van der Waals surface area contributed by atoms with Gasteiger partial charge in [0.05, 0.1) is 0 Å². The third-order valence-corrected chi connectivity index (χ3v) is 2.44. The molecule has 1 aromatic rings. The molecule has 1 nitrogen and oxygen atoms in total. The first-order valence-electron chi connectivity index (χ1n) is 5.54. The lowest BCUT2D eigenvalue weighted by molar-refractivity contribution is 0.413. The molecule has 0 aromatic heterocycles. The number of benzene rings is 1. The van der Waals surface area contributed by atoms with Crippen molar-refractivity contribution in [1.29, 1.82) is 0 Å². The van der Waals surface area contributed by atoms with Gasteiger partial charge in [-0.15, -0.1) is 0 Å². The van der Waals surface area contributed by atoms with E-state index in [0.717, 1.165) is 6.54 Å². The zero-order chi connectivity index (χ0) is 10.4. The Labute approximate surface area is 87.5 Å². The van der Waals surface area contributed by atoms with Crippen LogP contribution >= 0.6 is 0 Å². The van der Waals surface area contributed by atoms with Crippen molar-refractivity contribution in [2.24, 2.45) is 5.92 Å². The van der Waals surface area contributed by atoms with Gasteiger partial charge in [-0.2, -0.15) is 0 Å². The van der Waals surface area contributed by atoms with Crippen LogP contribution in [0.2, 0.25) is 0 Å². The quantitative estimate of drug-likeness (QED) is 0.752. The molecule has 0 amide bonds. The standard InChI is InChI=1S/C13H21N/c1-4-10-14-13(11(2)3)12-8-6-5-7-9-12/h5-9,11,13-14H,4,10H2,1-3H3. The molecule has 1 N–H and O–H groups in total. The molecule has 1 unspecified atom stereocenters. The summed E-state index contributed by atoms with van der Waals surface area (Å²) in [5.74, 6) is 0.643. The molecule has 0 saturated carbocycles. The summed E-state index contributed by atoms with van der Waals surface area (Å²) in [6.07, 6.45) is 1.19. The second-order valence-corrected chi connectivity index (χ2v) is 4.09. The van der Waals surface area contributed by atoms with Crippen molar-refractivity contribution >= 4 is 0 Å². The van der Waals surface area contributed by atoms with Gasteiger partial charge in [-0.3, -0.25) is 0 Å². The highest BCUT2D eigenvalue weighted by Gasteiger charge is 2.13. The molecule has 0 aliphatic carbocycles. The molecule has 14 heavy (non-hydrogen) atoms. The summed E-state index contributed by atoms with van der Waals surface area (Å²) in [5.41, 5.74) is 1.40. The minimum atomic E-state index is 0.496. The van der Waals surface area contributed by atoms with Gasteiger partial charge in [-0.25, -0.2) is 0 Å². The lowest BCUT2D eigenvalue weighted by atomic mass is 9.96. The Morgan fingerprint density at radius 3 is 2.29 bits per heavy atom. The van der Waals surface area contributed by atoms with Crippen LogP contribution in [0, 0.1) is 5.92 Å². The third kappa shape index (κ3) is 3.15. The minimum Gasteiger partial charge on any atom is -0.310 e. The lowest BCUT2D eigenvalue weighted by Gasteiger charge is -2.22. The van der Waals surface area contributed by atoms with Crippen LogP contribution in [0.3, 0.4) is 0 Å². The molecule has 0 fully saturated rings. The normalized spacial score (nSPS) is 13.1. The monoisotopic (exact) mass is 191 g/mol. The van der Waals surface area contributed by atoms with E-state index < -0.39 is 0 Å². The molecule has 1 atom stereocenters. The first-order valence-corrected chi connectivity index (χ1v) is 5.54. The first-order chi connectivity index (χ1) is 6.75. The maximum atomic E-state index is 3.59. The minimum absolute atomic E-state index is 0.496. The molecule has 0 radical (unpaired) electrons. The van der Waals surface area contributed by atoms with Gasteiger partial charge >= 0.3 is 0 Å². The molecule has 0 saturated heterocycles. The van der Waals surface area contributed by atoms with Crippen LogP contribution in [0.25, 0.3) is 0 Å². The van der Waals surface area contributed by atoms with Crippen LogP contribution in [0.15, 0.2) is 30.3 Å². The highest BCUT2D eigenvalue weighted by atomic mass is 14.9. The van der Waals surface area contributed by atoms with E-state index in [1.165, 1.54) is 12.0 Å². The summed E-state index contributed by atoms with van der Waals surface area (Å²) >= 11 is 0. The second kappa shape index (κ2) is 5.82. The number of hydrogen-bond acceptors (Lipinski definition) is 1. The fourth-order valence-electron chi connectivity index (χ4n) is 1.70. The highest BCUT2D eigenvalue weighted by Crippen LogP contribution is 2.20. The Morgan fingerprint density at radius 2 is 1.79 bits per heavy atom. The molecule has 0 aliphatic heterocycles. The molecule has 1 heteroatoms. The van der Waals surface area contributed by atoms with Gasteiger partial charge in [0.2, 0.25) is 0 Å². The van der Waals surface area contributed by atoms with Gasteiger partial charge in [0.15, 0.2) is 0 Å². The van der Waals surface area contributed by atoms with Crippen molar-refractivity contribution < 1.29 is 0 Å². The average Bonchev–Trinajstić information content (AvgIpc) is 2.19. The number of nitrogens with one attached hydrogen (secondary N) is 1. The van der Waals surface area contributed by atoms with Crippen LogP contribution in [-0.4, -0.2) is 6.54 Å². The van der Waals surface area contributed by atoms with Crippen LogP contribution in [-0.2, 0) is 0 Å². The average molecular weight is 191 g/mol. The fraction of sp³-hybridized carbons (Fsp3) is 0.538. The SMILES string of the molecule is CCCNC(c1ccccc1)C(C)C. The zero-order valence-corrected chi connectivity index (χ0v) is 9.46. The molecule has 78 valence electrons. The third-order valence-electron chi connectivity index (χ3n) is 2.44. The predicted molar refractivity (Wildman–Crippen MR) is 62.3 cm³/mol. The molecule has 0 spiro atoms. The summed E-state index contributed by atoms with van der Waals surface area (Å²) in [4.78, 5) is 0. The van der Waals surface area contributed by atoms with Gasteiger partial charge in [-0.05, 0) is 24.4 Å². The maximum Gasteiger partial charge on any atom is 0.0343 e. The zero-order valence-electron chi connectivity index (χ0n) is 9.46. The molecular formula is C13H21N. The van der Waals surface area contributed by atoms with Crippen molar-refractivity contribution in [2.75, 3.05) is 6.54 Å². The molecule has 1 rings (SSSR count). The number of rotatable bonds is 5. The highest BCUT2D eigenvalue weighted by molar-refractivity contribution is 5.19. The van der Waals surface area contributed by atoms with Gasteiger partial charge in [0, 0.05) is 6.04 Å². The van der Waals surface area contributed by atoms with E-state index in [9.17, 15) is 0 Å². The Balaban J connectivity index is 2.68. The van der Waals surface area contributed by atoms with E-state index in [1.54, 1.807) is 0 Å². The Morgan fingerprint density at radius 1 is 1.14 bits per heavy atom. The second-order valence-electron chi connectivity index (χ2n) is 4.09. The van der Waals surface area contributed by atoms with Crippen LogP contribution in [0.5, 0.6) is 0 Å². The van der Waals surface area contributed by atoms with Gasteiger partial charge in [0.1, 0.15) is 0 Å². The summed E-state index contributed by atoms with van der Waals surface area (Å²) in [5, 5.41) is 3.59. The van der Waals surface area contributed by atoms with Crippen molar-refractivity contribution in [2.45, 2.75) is 33.2 Å². The molecule has 0 bridgehead atoms. The largest absolute Gasteiger partial charge is 0.310 e. The Kier molecular flexibility index (Phi) is 4.68. The van der Waals surface area contributed by atoms with E-state index in [2.05, 4.69) is 56.4 Å². The first kappa shape index (κ1) is 11.3. The van der Waals surface area contributed by atoms with Gasteiger partial charge in [0.25, 0.3) is 0 Å². The van der Waals surface area contributed by atoms with Crippen molar-refractivity contribution in [3.63, 3.8) is 0 Å². The van der Waals surface area contributed by atoms with E-state index in [0.29, 0.717) is 12.0 Å². The van der Waals surface area contributed by atoms with Gasteiger partial charge < -0.3 is 5.32 Å². The summed E-state index contributed by atoms with van der Waals surface area (Å²) in [7, 11) is 0. The van der Waals surface area contributed by atoms with Crippen LogP contribution in [0.4, 0.5) is 0 Å². The van der Waals surface area contributed by atoms with Crippen LogP contribution in [0.1, 0.15) is 38.8 Å². The number of hydrogen-bond donors (Lipinski definition) is 1. The predicted octanol–water partition coefficient (Wildman–Crippen LogP) is 3.38. The molecular weight excluding hydrogens is 170 g/mol. The van der Waals surface area contributed by atoms with Crippen molar-refractivity contribution in [3.05, 3.63) is 35.9 Å². The summed E-state index contributed by atoms with van der Waals surface area (Å²) in [6, 6.07) is 11.2. The lowest BCUT2D eigenvalue weighted by Crippen LogP contribution is -2.26. The van der Waals surface area contributed by atoms with Crippen molar-refractivity contribution in [3.8, 4) is 0 Å². The Hall–Kier alpha value is -0.820. The maximum absolute atomic E-state index is 3.59. The topological polar surface area (TPSA) is 12.0 Å². The summed E-state index contributed by atoms with van der Waals surface area (Å²) in [6.45, 7) is 7.83. The molecule has 1 aromatic carbocycles. The molecule has 0 heterocycles. The van der Waals surface area contributed by atoms with E-state index in [4.69, 9.17) is 0 Å². The van der Waals surface area contributed by atoms with E-state index in [1.807, 2.05) is 0 Å². The van der Waals surface area contributed by atoms with E-state index >= 15 is 0 Å². The fourth-order valence-corrected chi connectivity index (χ4v) is 1.70. The Bertz CT molecular complexity index is 241.